The van der Waals surface area contributed by atoms with Gasteiger partial charge in [0.05, 0.1) is 19.7 Å². The number of nitrogens with zero attached hydrogens (tertiary/aromatic N) is 2. The fourth-order valence-electron chi connectivity index (χ4n) is 2.86. The summed E-state index contributed by atoms with van der Waals surface area (Å²) >= 11 is 0. The van der Waals surface area contributed by atoms with Crippen molar-refractivity contribution in [3.8, 4) is 11.8 Å². The molecule has 0 bridgehead atoms. The molecule has 5 nitrogen and oxygen atoms in total. The van der Waals surface area contributed by atoms with Crippen molar-refractivity contribution in [2.24, 2.45) is 5.92 Å². The molecule has 1 atom stereocenters. The van der Waals surface area contributed by atoms with Crippen LogP contribution in [0.15, 0.2) is 18.2 Å². The van der Waals surface area contributed by atoms with E-state index in [1.807, 2.05) is 37.9 Å². The van der Waals surface area contributed by atoms with E-state index in [-0.39, 0.29) is 12.5 Å². The minimum Gasteiger partial charge on any atom is -0.496 e. The first-order chi connectivity index (χ1) is 10.9. The first-order valence-electron chi connectivity index (χ1n) is 7.92. The largest absolute Gasteiger partial charge is 0.496 e. The van der Waals surface area contributed by atoms with Gasteiger partial charge in [0.25, 0.3) is 0 Å². The number of likely N-dealkylation sites (N-methyl/N-ethyl adjacent to an activating group) is 1. The first kappa shape index (κ1) is 17.3. The predicted octanol–water partition coefficient (Wildman–Crippen LogP) is 2.24. The summed E-state index contributed by atoms with van der Waals surface area (Å²) in [4.78, 5) is 14.1. The summed E-state index contributed by atoms with van der Waals surface area (Å²) in [6.07, 6.45) is 2.04. The van der Waals surface area contributed by atoms with Crippen molar-refractivity contribution in [2.75, 3.05) is 20.7 Å². The molecule has 0 spiro atoms. The number of hydrogen-bond donors (Lipinski definition) is 1. The van der Waals surface area contributed by atoms with Crippen LogP contribution in [-0.4, -0.2) is 37.0 Å². The van der Waals surface area contributed by atoms with Gasteiger partial charge in [0.15, 0.2) is 0 Å². The van der Waals surface area contributed by atoms with Gasteiger partial charge < -0.3 is 10.1 Å². The van der Waals surface area contributed by atoms with E-state index in [1.54, 1.807) is 7.11 Å². The van der Waals surface area contributed by atoms with Crippen LogP contribution in [-0.2, 0) is 11.3 Å². The quantitative estimate of drug-likeness (QED) is 0.838. The second kappa shape index (κ2) is 7.01. The molecule has 1 aliphatic carbocycles. The van der Waals surface area contributed by atoms with Crippen LogP contribution in [0.25, 0.3) is 0 Å². The molecule has 0 heterocycles. The number of rotatable bonds is 7. The summed E-state index contributed by atoms with van der Waals surface area (Å²) in [6, 6.07) is 8.26. The fourth-order valence-corrected chi connectivity index (χ4v) is 2.86. The van der Waals surface area contributed by atoms with Gasteiger partial charge in [-0.3, -0.25) is 9.69 Å². The van der Waals surface area contributed by atoms with E-state index in [1.165, 1.54) is 0 Å². The highest BCUT2D eigenvalue weighted by atomic mass is 16.5. The first-order valence-corrected chi connectivity index (χ1v) is 7.92. The van der Waals surface area contributed by atoms with Crippen LogP contribution in [0.1, 0.15) is 30.9 Å². The van der Waals surface area contributed by atoms with Gasteiger partial charge in [-0.2, -0.15) is 5.26 Å². The Hall–Kier alpha value is -2.06. The lowest BCUT2D eigenvalue weighted by atomic mass is 9.98. The zero-order valence-electron chi connectivity index (χ0n) is 14.3. The molecule has 1 fully saturated rings. The number of ether oxygens (including phenoxy) is 1. The second-order valence-corrected chi connectivity index (χ2v) is 6.61. The monoisotopic (exact) mass is 315 g/mol. The van der Waals surface area contributed by atoms with Gasteiger partial charge >= 0.3 is 0 Å². The standard InChI is InChI=1S/C18H25N3O2/c1-13-9-14(5-8-16(13)23-4)10-21(3)11-17(22)20-18(2,12-19)15-6-7-15/h5,8-9,15H,6-7,10-11H2,1-4H3,(H,20,22). The van der Waals surface area contributed by atoms with Gasteiger partial charge in [0, 0.05) is 6.54 Å². The molecule has 5 heteroatoms. The topological polar surface area (TPSA) is 65.4 Å². The second-order valence-electron chi connectivity index (χ2n) is 6.61. The molecule has 0 aliphatic heterocycles. The molecule has 0 saturated heterocycles. The van der Waals surface area contributed by atoms with Gasteiger partial charge in [0.1, 0.15) is 11.3 Å². The number of hydrogen-bond acceptors (Lipinski definition) is 4. The number of aryl methyl sites for hydroxylation is 1. The Balaban J connectivity index is 1.89. The molecule has 1 saturated carbocycles. The Kier molecular flexibility index (Phi) is 5.27. The lowest BCUT2D eigenvalue weighted by molar-refractivity contribution is -0.123. The van der Waals surface area contributed by atoms with Crippen molar-refractivity contribution in [1.29, 1.82) is 5.26 Å². The number of nitrogens with one attached hydrogen (secondary N) is 1. The Labute approximate surface area is 138 Å². The molecule has 1 N–H and O–H groups in total. The Morgan fingerprint density at radius 3 is 2.74 bits per heavy atom. The molecule has 23 heavy (non-hydrogen) atoms. The van der Waals surface area contributed by atoms with Gasteiger partial charge in [-0.15, -0.1) is 0 Å². The summed E-state index contributed by atoms with van der Waals surface area (Å²) in [5.41, 5.74) is 1.48. The van der Waals surface area contributed by atoms with Crippen molar-refractivity contribution in [3.05, 3.63) is 29.3 Å². The van der Waals surface area contributed by atoms with Crippen LogP contribution >= 0.6 is 0 Å². The molecule has 124 valence electrons. The summed E-state index contributed by atoms with van der Waals surface area (Å²) in [5, 5.41) is 12.2. The van der Waals surface area contributed by atoms with E-state index in [0.29, 0.717) is 12.5 Å². The molecule has 1 unspecified atom stereocenters. The highest BCUT2D eigenvalue weighted by molar-refractivity contribution is 5.79. The highest BCUT2D eigenvalue weighted by Gasteiger charge is 2.42. The maximum Gasteiger partial charge on any atom is 0.235 e. The van der Waals surface area contributed by atoms with E-state index in [4.69, 9.17) is 4.74 Å². The van der Waals surface area contributed by atoms with E-state index < -0.39 is 5.54 Å². The number of carbonyl (C=O) groups excluding carboxylic acids is 1. The minimum atomic E-state index is -0.728. The lowest BCUT2D eigenvalue weighted by Crippen LogP contribution is -2.49. The maximum atomic E-state index is 12.2. The van der Waals surface area contributed by atoms with Gasteiger partial charge in [-0.05, 0) is 56.8 Å². The molecule has 1 aliphatic rings. The van der Waals surface area contributed by atoms with Crippen LogP contribution in [0.2, 0.25) is 0 Å². The SMILES string of the molecule is COc1ccc(CN(C)CC(=O)NC(C)(C#N)C2CC2)cc1C. The zero-order chi connectivity index (χ0) is 17.0. The highest BCUT2D eigenvalue weighted by Crippen LogP contribution is 2.39. The molecule has 1 aromatic rings. The summed E-state index contributed by atoms with van der Waals surface area (Å²) in [5.74, 6) is 1.06. The molecular formula is C18H25N3O2. The Morgan fingerprint density at radius 2 is 2.22 bits per heavy atom. The van der Waals surface area contributed by atoms with Crippen LogP contribution in [0.4, 0.5) is 0 Å². The fraction of sp³-hybridized carbons (Fsp3) is 0.556. The Morgan fingerprint density at radius 1 is 1.52 bits per heavy atom. The summed E-state index contributed by atoms with van der Waals surface area (Å²) < 4.78 is 5.26. The van der Waals surface area contributed by atoms with Crippen LogP contribution in [0, 0.1) is 24.2 Å². The van der Waals surface area contributed by atoms with Crippen molar-refractivity contribution in [2.45, 2.75) is 38.8 Å². The average Bonchev–Trinajstić information content (AvgIpc) is 3.32. The average molecular weight is 315 g/mol. The number of carbonyl (C=O) groups is 1. The molecule has 2 rings (SSSR count). The summed E-state index contributed by atoms with van der Waals surface area (Å²) in [6.45, 7) is 4.76. The van der Waals surface area contributed by atoms with Crippen molar-refractivity contribution in [1.82, 2.24) is 10.2 Å². The lowest BCUT2D eigenvalue weighted by Gasteiger charge is -2.25. The molecular weight excluding hydrogens is 290 g/mol. The van der Waals surface area contributed by atoms with Gasteiger partial charge in [-0.1, -0.05) is 12.1 Å². The number of amides is 1. The van der Waals surface area contributed by atoms with Crippen molar-refractivity contribution < 1.29 is 9.53 Å². The van der Waals surface area contributed by atoms with E-state index in [2.05, 4.69) is 17.5 Å². The number of benzene rings is 1. The number of methoxy groups -OCH3 is 1. The smallest absolute Gasteiger partial charge is 0.235 e. The van der Waals surface area contributed by atoms with E-state index in [9.17, 15) is 10.1 Å². The third-order valence-corrected chi connectivity index (χ3v) is 4.35. The molecule has 1 aromatic carbocycles. The molecule has 0 aromatic heterocycles. The normalized spacial score (nSPS) is 16.5. The van der Waals surface area contributed by atoms with E-state index >= 15 is 0 Å². The zero-order valence-corrected chi connectivity index (χ0v) is 14.3. The van der Waals surface area contributed by atoms with Crippen molar-refractivity contribution >= 4 is 5.91 Å². The minimum absolute atomic E-state index is 0.103. The number of nitriles is 1. The summed E-state index contributed by atoms with van der Waals surface area (Å²) in [7, 11) is 3.56. The van der Waals surface area contributed by atoms with Gasteiger partial charge in [-0.25, -0.2) is 0 Å². The van der Waals surface area contributed by atoms with Gasteiger partial charge in [0.2, 0.25) is 5.91 Å². The third-order valence-electron chi connectivity index (χ3n) is 4.35. The van der Waals surface area contributed by atoms with Crippen LogP contribution < -0.4 is 10.1 Å². The van der Waals surface area contributed by atoms with E-state index in [0.717, 1.165) is 29.7 Å². The predicted molar refractivity (Wildman–Crippen MR) is 88.9 cm³/mol. The van der Waals surface area contributed by atoms with Crippen LogP contribution in [0.3, 0.4) is 0 Å². The maximum absolute atomic E-state index is 12.2. The Bertz CT molecular complexity index is 619. The van der Waals surface area contributed by atoms with Crippen LogP contribution in [0.5, 0.6) is 5.75 Å². The molecule has 0 radical (unpaired) electrons. The third kappa shape index (κ3) is 4.46. The van der Waals surface area contributed by atoms with Crippen molar-refractivity contribution in [3.63, 3.8) is 0 Å². The molecule has 1 amide bonds.